The topological polar surface area (TPSA) is 49.8 Å². The molecule has 2 unspecified atom stereocenters. The van der Waals surface area contributed by atoms with Crippen molar-refractivity contribution in [1.29, 1.82) is 0 Å². The van der Waals surface area contributed by atoms with E-state index in [1.165, 1.54) is 12.1 Å². The molecule has 1 aliphatic rings. The maximum absolute atomic E-state index is 12.5. The summed E-state index contributed by atoms with van der Waals surface area (Å²) in [6.07, 6.45) is -4.04. The van der Waals surface area contributed by atoms with Gasteiger partial charge in [-0.05, 0) is 50.8 Å². The first-order valence-corrected chi connectivity index (χ1v) is 7.87. The minimum absolute atomic E-state index is 0.00768. The second-order valence-electron chi connectivity index (χ2n) is 6.73. The molecular weight excluding hydrogens is 323 g/mol. The molecule has 1 aromatic rings. The van der Waals surface area contributed by atoms with E-state index in [0.29, 0.717) is 13.0 Å². The Morgan fingerprint density at radius 1 is 1.29 bits per heavy atom. The van der Waals surface area contributed by atoms with E-state index in [4.69, 9.17) is 0 Å². The highest BCUT2D eigenvalue weighted by atomic mass is 19.4. The Hall–Kier alpha value is -1.76. The van der Waals surface area contributed by atoms with Gasteiger partial charge in [-0.1, -0.05) is 12.1 Å². The van der Waals surface area contributed by atoms with Gasteiger partial charge in [0, 0.05) is 19.0 Å². The second kappa shape index (κ2) is 6.63. The van der Waals surface area contributed by atoms with Gasteiger partial charge in [-0.25, -0.2) is 0 Å². The molecule has 1 fully saturated rings. The van der Waals surface area contributed by atoms with Crippen LogP contribution in [0.2, 0.25) is 0 Å². The summed E-state index contributed by atoms with van der Waals surface area (Å²) in [5.41, 5.74) is -0.144. The van der Waals surface area contributed by atoms with Gasteiger partial charge in [-0.15, -0.1) is 13.2 Å². The standard InChI is InChI=1S/C17H22F3NO3/c1-4-21(10-16(2,3)23)15(22)14-9-13(14)11-5-7-12(8-6-11)24-17(18,19)20/h5-8,13-14,23H,4,9-10H2,1-3H3. The summed E-state index contributed by atoms with van der Waals surface area (Å²) in [7, 11) is 0. The second-order valence-corrected chi connectivity index (χ2v) is 6.73. The molecule has 0 saturated heterocycles. The minimum atomic E-state index is -4.71. The molecule has 24 heavy (non-hydrogen) atoms. The summed E-state index contributed by atoms with van der Waals surface area (Å²) in [4.78, 5) is 14.1. The van der Waals surface area contributed by atoms with Gasteiger partial charge in [0.25, 0.3) is 0 Å². The van der Waals surface area contributed by atoms with Crippen molar-refractivity contribution in [2.24, 2.45) is 5.92 Å². The highest BCUT2D eigenvalue weighted by molar-refractivity contribution is 5.83. The van der Waals surface area contributed by atoms with Gasteiger partial charge in [0.1, 0.15) is 5.75 Å². The zero-order valence-corrected chi connectivity index (χ0v) is 13.9. The van der Waals surface area contributed by atoms with Crippen LogP contribution in [0.15, 0.2) is 24.3 Å². The fraction of sp³-hybridized carbons (Fsp3) is 0.588. The molecule has 0 aromatic heterocycles. The summed E-state index contributed by atoms with van der Waals surface area (Å²) in [6.45, 7) is 5.90. The van der Waals surface area contributed by atoms with Gasteiger partial charge < -0.3 is 14.7 Å². The third-order valence-corrected chi connectivity index (χ3v) is 3.92. The molecule has 0 heterocycles. The first-order valence-electron chi connectivity index (χ1n) is 7.87. The SMILES string of the molecule is CCN(CC(C)(C)O)C(=O)C1CC1c1ccc(OC(F)(F)F)cc1. The monoisotopic (exact) mass is 345 g/mol. The van der Waals surface area contributed by atoms with Crippen molar-refractivity contribution in [2.45, 2.75) is 45.1 Å². The number of carbonyl (C=O) groups is 1. The van der Waals surface area contributed by atoms with E-state index in [9.17, 15) is 23.1 Å². The fourth-order valence-electron chi connectivity index (χ4n) is 2.80. The van der Waals surface area contributed by atoms with E-state index in [1.54, 1.807) is 30.9 Å². The maximum atomic E-state index is 12.5. The lowest BCUT2D eigenvalue weighted by molar-refractivity contribution is -0.274. The van der Waals surface area contributed by atoms with Crippen molar-refractivity contribution in [2.75, 3.05) is 13.1 Å². The largest absolute Gasteiger partial charge is 0.573 e. The molecule has 7 heteroatoms. The molecule has 134 valence electrons. The van der Waals surface area contributed by atoms with E-state index >= 15 is 0 Å². The number of nitrogens with zero attached hydrogens (tertiary/aromatic N) is 1. The molecule has 1 aliphatic carbocycles. The van der Waals surface area contributed by atoms with Crippen LogP contribution < -0.4 is 4.74 Å². The molecule has 1 aromatic carbocycles. The van der Waals surface area contributed by atoms with Crippen LogP contribution in [0.1, 0.15) is 38.7 Å². The van der Waals surface area contributed by atoms with Crippen LogP contribution >= 0.6 is 0 Å². The minimum Gasteiger partial charge on any atom is -0.406 e. The number of ether oxygens (including phenoxy) is 1. The lowest BCUT2D eigenvalue weighted by Crippen LogP contribution is -2.42. The Balaban J connectivity index is 1.98. The molecule has 0 aliphatic heterocycles. The summed E-state index contributed by atoms with van der Waals surface area (Å²) < 4.78 is 40.3. The number of halogens is 3. The predicted octanol–water partition coefficient (Wildman–Crippen LogP) is 3.31. The number of carbonyl (C=O) groups excluding carboxylic acids is 1. The summed E-state index contributed by atoms with van der Waals surface area (Å²) in [5, 5.41) is 9.88. The maximum Gasteiger partial charge on any atom is 0.573 e. The van der Waals surface area contributed by atoms with Gasteiger partial charge in [0.05, 0.1) is 5.60 Å². The normalized spacial score (nSPS) is 20.6. The zero-order valence-electron chi connectivity index (χ0n) is 13.9. The summed E-state index contributed by atoms with van der Waals surface area (Å²) >= 11 is 0. The number of amides is 1. The highest BCUT2D eigenvalue weighted by Gasteiger charge is 2.46. The molecule has 4 nitrogen and oxygen atoms in total. The fourth-order valence-corrected chi connectivity index (χ4v) is 2.80. The Kier molecular flexibility index (Phi) is 5.13. The van der Waals surface area contributed by atoms with Gasteiger partial charge >= 0.3 is 6.36 Å². The molecule has 2 atom stereocenters. The van der Waals surface area contributed by atoms with E-state index in [2.05, 4.69) is 4.74 Å². The average Bonchev–Trinajstić information content (AvgIpc) is 3.22. The molecular formula is C17H22F3NO3. The number of rotatable bonds is 6. The third kappa shape index (κ3) is 5.12. The Morgan fingerprint density at radius 2 is 1.88 bits per heavy atom. The molecule has 1 saturated carbocycles. The molecule has 2 rings (SSSR count). The van der Waals surface area contributed by atoms with Gasteiger partial charge in [-0.2, -0.15) is 0 Å². The smallest absolute Gasteiger partial charge is 0.406 e. The van der Waals surface area contributed by atoms with E-state index in [-0.39, 0.29) is 30.0 Å². The van der Waals surface area contributed by atoms with Crippen molar-refractivity contribution in [1.82, 2.24) is 4.90 Å². The van der Waals surface area contributed by atoms with Crippen molar-refractivity contribution in [3.05, 3.63) is 29.8 Å². The zero-order chi connectivity index (χ0) is 18.1. The van der Waals surface area contributed by atoms with E-state index in [0.717, 1.165) is 5.56 Å². The van der Waals surface area contributed by atoms with Crippen LogP contribution in [0.3, 0.4) is 0 Å². The number of aliphatic hydroxyl groups is 1. The van der Waals surface area contributed by atoms with Crippen LogP contribution in [0.4, 0.5) is 13.2 Å². The van der Waals surface area contributed by atoms with Crippen molar-refractivity contribution >= 4 is 5.91 Å². The van der Waals surface area contributed by atoms with Crippen LogP contribution in [-0.2, 0) is 4.79 Å². The van der Waals surface area contributed by atoms with Crippen LogP contribution in [0.5, 0.6) is 5.75 Å². The van der Waals surface area contributed by atoms with E-state index < -0.39 is 12.0 Å². The van der Waals surface area contributed by atoms with Gasteiger partial charge in [-0.3, -0.25) is 4.79 Å². The van der Waals surface area contributed by atoms with Crippen LogP contribution in [0, 0.1) is 5.92 Å². The van der Waals surface area contributed by atoms with Crippen LogP contribution in [-0.4, -0.2) is 41.0 Å². The first-order chi connectivity index (χ1) is 11.0. The highest BCUT2D eigenvalue weighted by Crippen LogP contribution is 2.48. The Bertz CT molecular complexity index is 578. The third-order valence-electron chi connectivity index (χ3n) is 3.92. The molecule has 0 bridgehead atoms. The number of hydrogen-bond acceptors (Lipinski definition) is 3. The molecule has 1 amide bonds. The number of likely N-dealkylation sites (N-methyl/N-ethyl adjacent to an activating group) is 1. The quantitative estimate of drug-likeness (QED) is 0.861. The number of alkyl halides is 3. The Labute approximate surface area is 139 Å². The first kappa shape index (κ1) is 18.6. The average molecular weight is 345 g/mol. The van der Waals surface area contributed by atoms with Gasteiger partial charge in [0.15, 0.2) is 0 Å². The predicted molar refractivity (Wildman–Crippen MR) is 82.5 cm³/mol. The molecule has 0 radical (unpaired) electrons. The molecule has 1 N–H and O–H groups in total. The van der Waals surface area contributed by atoms with Gasteiger partial charge in [0.2, 0.25) is 5.91 Å². The van der Waals surface area contributed by atoms with Crippen molar-refractivity contribution < 1.29 is 27.8 Å². The van der Waals surface area contributed by atoms with E-state index in [1.807, 2.05) is 6.92 Å². The summed E-state index contributed by atoms with van der Waals surface area (Å²) in [6, 6.07) is 5.64. The van der Waals surface area contributed by atoms with Crippen molar-refractivity contribution in [3.63, 3.8) is 0 Å². The molecule has 0 spiro atoms. The lowest BCUT2D eigenvalue weighted by Gasteiger charge is -2.28. The summed E-state index contributed by atoms with van der Waals surface area (Å²) in [5.74, 6) is -0.470. The Morgan fingerprint density at radius 3 is 2.33 bits per heavy atom. The lowest BCUT2D eigenvalue weighted by atomic mass is 10.1. The van der Waals surface area contributed by atoms with Crippen LogP contribution in [0.25, 0.3) is 0 Å². The van der Waals surface area contributed by atoms with Crippen molar-refractivity contribution in [3.8, 4) is 5.75 Å². The number of hydrogen-bond donors (Lipinski definition) is 1. The number of benzene rings is 1.